The summed E-state index contributed by atoms with van der Waals surface area (Å²) in [5.41, 5.74) is 6.83. The molecule has 1 atom stereocenters. The van der Waals surface area contributed by atoms with Crippen LogP contribution in [0.15, 0.2) is 84.9 Å². The van der Waals surface area contributed by atoms with Crippen LogP contribution in [0.4, 0.5) is 5.69 Å². The lowest BCUT2D eigenvalue weighted by Crippen LogP contribution is -2.15. The number of aromatic nitrogens is 3. The minimum absolute atomic E-state index is 0.0195. The van der Waals surface area contributed by atoms with E-state index in [-0.39, 0.29) is 23.5 Å². The van der Waals surface area contributed by atoms with Gasteiger partial charge in [-0.15, -0.1) is 0 Å². The molecule has 0 aliphatic carbocycles. The number of hydrogen-bond donors (Lipinski definition) is 1. The first kappa shape index (κ1) is 25.0. The maximum absolute atomic E-state index is 14.0. The first-order valence-electron chi connectivity index (χ1n) is 12.9. The molecule has 3 heterocycles. The molecule has 7 nitrogen and oxygen atoms in total. The highest BCUT2D eigenvalue weighted by molar-refractivity contribution is 7.91. The smallest absolute Gasteiger partial charge is 0.256 e. The van der Waals surface area contributed by atoms with Gasteiger partial charge in [-0.2, -0.15) is 5.10 Å². The van der Waals surface area contributed by atoms with E-state index >= 15 is 0 Å². The zero-order chi connectivity index (χ0) is 27.1. The molecule has 1 N–H and O–H groups in total. The number of sulfone groups is 1. The predicted octanol–water partition coefficient (Wildman–Crippen LogP) is 5.99. The zero-order valence-corrected chi connectivity index (χ0v) is 22.6. The van der Waals surface area contributed by atoms with Crippen LogP contribution in [0.2, 0.25) is 0 Å². The van der Waals surface area contributed by atoms with Crippen LogP contribution in [-0.2, 0) is 9.84 Å². The van der Waals surface area contributed by atoms with Crippen LogP contribution in [-0.4, -0.2) is 40.6 Å². The highest BCUT2D eigenvalue weighted by Gasteiger charge is 2.32. The predicted molar refractivity (Wildman–Crippen MR) is 155 cm³/mol. The summed E-state index contributed by atoms with van der Waals surface area (Å²) in [6.07, 6.45) is 0.473. The van der Waals surface area contributed by atoms with Crippen molar-refractivity contribution in [3.8, 4) is 22.4 Å². The molecule has 2 aromatic heterocycles. The molecule has 3 aromatic carbocycles. The van der Waals surface area contributed by atoms with Crippen molar-refractivity contribution in [1.29, 1.82) is 0 Å². The van der Waals surface area contributed by atoms with E-state index in [1.54, 1.807) is 10.7 Å². The molecule has 0 bridgehead atoms. The van der Waals surface area contributed by atoms with Crippen molar-refractivity contribution in [3.05, 3.63) is 102 Å². The molecule has 5 aromatic rings. The number of pyridine rings is 1. The Labute approximate surface area is 227 Å². The van der Waals surface area contributed by atoms with Crippen LogP contribution in [0.3, 0.4) is 0 Å². The average molecular weight is 537 g/mol. The number of amides is 1. The first-order chi connectivity index (χ1) is 18.8. The normalized spacial score (nSPS) is 16.4. The fraction of sp³-hybridized carbons (Fsp3) is 0.194. The molecule has 0 saturated carbocycles. The van der Waals surface area contributed by atoms with Crippen molar-refractivity contribution in [1.82, 2.24) is 14.8 Å². The van der Waals surface area contributed by atoms with Crippen molar-refractivity contribution in [2.45, 2.75) is 26.3 Å². The lowest BCUT2D eigenvalue weighted by molar-refractivity contribution is 0.102. The van der Waals surface area contributed by atoms with Gasteiger partial charge in [0.2, 0.25) is 0 Å². The van der Waals surface area contributed by atoms with Crippen LogP contribution >= 0.6 is 0 Å². The van der Waals surface area contributed by atoms with Gasteiger partial charge in [-0.25, -0.2) is 18.1 Å². The van der Waals surface area contributed by atoms with Crippen molar-refractivity contribution in [2.24, 2.45) is 0 Å². The van der Waals surface area contributed by atoms with Crippen LogP contribution in [0.25, 0.3) is 33.4 Å². The van der Waals surface area contributed by atoms with E-state index in [4.69, 9.17) is 10.1 Å². The van der Waals surface area contributed by atoms with Crippen molar-refractivity contribution in [2.75, 3.05) is 16.8 Å². The Balaban J connectivity index is 1.49. The van der Waals surface area contributed by atoms with Crippen LogP contribution in [0.5, 0.6) is 0 Å². The molecular weight excluding hydrogens is 508 g/mol. The molecule has 8 heteroatoms. The van der Waals surface area contributed by atoms with Crippen LogP contribution in [0, 0.1) is 13.8 Å². The van der Waals surface area contributed by atoms with Crippen molar-refractivity contribution >= 4 is 32.5 Å². The van der Waals surface area contributed by atoms with Gasteiger partial charge in [0.25, 0.3) is 5.91 Å². The number of carbonyl (C=O) groups is 1. The lowest BCUT2D eigenvalue weighted by atomic mass is 10.0. The van der Waals surface area contributed by atoms with Gasteiger partial charge in [0.15, 0.2) is 15.5 Å². The number of para-hydroxylation sites is 1. The number of aryl methyl sites for hydroxylation is 2. The zero-order valence-electron chi connectivity index (χ0n) is 21.8. The highest BCUT2D eigenvalue weighted by Crippen LogP contribution is 2.34. The average Bonchev–Trinajstić information content (AvgIpc) is 3.47. The summed E-state index contributed by atoms with van der Waals surface area (Å²) in [5, 5.41) is 8.47. The fourth-order valence-electron chi connectivity index (χ4n) is 5.24. The van der Waals surface area contributed by atoms with Gasteiger partial charge in [-0.3, -0.25) is 4.79 Å². The molecule has 196 valence electrons. The monoisotopic (exact) mass is 536 g/mol. The number of fused-ring (bicyclic) bond motifs is 1. The lowest BCUT2D eigenvalue weighted by Gasteiger charge is -2.14. The van der Waals surface area contributed by atoms with Gasteiger partial charge in [-0.1, -0.05) is 78.4 Å². The summed E-state index contributed by atoms with van der Waals surface area (Å²) < 4.78 is 26.3. The number of nitrogens with zero attached hydrogens (tertiary/aromatic N) is 3. The summed E-state index contributed by atoms with van der Waals surface area (Å²) in [7, 11) is -3.14. The summed E-state index contributed by atoms with van der Waals surface area (Å²) in [6.45, 7) is 3.85. The fourth-order valence-corrected chi connectivity index (χ4v) is 6.93. The minimum Gasteiger partial charge on any atom is -0.321 e. The molecular formula is C31H28N4O3S. The standard InChI is InChI=1S/C31H28N4O3S/c1-20-12-14-23(15-13-20)28-18-26(29-21(2)34-35(30(29)32-28)24-16-17-39(37,38)19-24)31(36)33-27-11-7-6-10-25(27)22-8-4-3-5-9-22/h3-15,18,24H,16-17,19H2,1-2H3,(H,33,36). The van der Waals surface area contributed by atoms with E-state index in [1.165, 1.54) is 0 Å². The Morgan fingerprint density at radius 3 is 2.36 bits per heavy atom. The molecule has 0 radical (unpaired) electrons. The Morgan fingerprint density at radius 1 is 0.923 bits per heavy atom. The molecule has 1 aliphatic heterocycles. The molecule has 0 spiro atoms. The van der Waals surface area contributed by atoms with E-state index in [9.17, 15) is 13.2 Å². The van der Waals surface area contributed by atoms with E-state index in [0.29, 0.717) is 40.1 Å². The van der Waals surface area contributed by atoms with Gasteiger partial charge in [0.1, 0.15) is 0 Å². The van der Waals surface area contributed by atoms with Gasteiger partial charge < -0.3 is 5.32 Å². The highest BCUT2D eigenvalue weighted by atomic mass is 32.2. The number of hydrogen-bond acceptors (Lipinski definition) is 5. The first-order valence-corrected chi connectivity index (χ1v) is 14.7. The van der Waals surface area contributed by atoms with E-state index in [2.05, 4.69) is 5.32 Å². The van der Waals surface area contributed by atoms with E-state index in [0.717, 1.165) is 22.3 Å². The maximum atomic E-state index is 14.0. The second kappa shape index (κ2) is 9.78. The van der Waals surface area contributed by atoms with E-state index in [1.807, 2.05) is 92.7 Å². The molecule has 1 fully saturated rings. The Morgan fingerprint density at radius 2 is 1.64 bits per heavy atom. The molecule has 1 aliphatic rings. The van der Waals surface area contributed by atoms with Gasteiger partial charge in [-0.05, 0) is 38.0 Å². The number of nitrogens with one attached hydrogen (secondary N) is 1. The van der Waals surface area contributed by atoms with E-state index < -0.39 is 9.84 Å². The second-order valence-corrected chi connectivity index (χ2v) is 12.3. The number of rotatable bonds is 5. The molecule has 6 rings (SSSR count). The minimum atomic E-state index is -3.14. The van der Waals surface area contributed by atoms with Crippen LogP contribution in [0.1, 0.15) is 34.1 Å². The summed E-state index contributed by atoms with van der Waals surface area (Å²) in [6, 6.07) is 27.1. The Kier molecular flexibility index (Phi) is 6.27. The molecule has 1 unspecified atom stereocenters. The topological polar surface area (TPSA) is 94.0 Å². The number of carbonyl (C=O) groups excluding carboxylic acids is 1. The molecule has 39 heavy (non-hydrogen) atoms. The van der Waals surface area contributed by atoms with Gasteiger partial charge >= 0.3 is 0 Å². The number of anilines is 1. The Bertz CT molecular complexity index is 1810. The largest absolute Gasteiger partial charge is 0.321 e. The van der Waals surface area contributed by atoms with Crippen molar-refractivity contribution < 1.29 is 13.2 Å². The van der Waals surface area contributed by atoms with Crippen molar-refractivity contribution in [3.63, 3.8) is 0 Å². The Hall–Kier alpha value is -4.30. The SMILES string of the molecule is Cc1ccc(-c2cc(C(=O)Nc3ccccc3-c3ccccc3)c3c(C)nn(C4CCS(=O)(=O)C4)c3n2)cc1. The molecule has 1 saturated heterocycles. The summed E-state index contributed by atoms with van der Waals surface area (Å²) >= 11 is 0. The third kappa shape index (κ3) is 4.83. The van der Waals surface area contributed by atoms with Gasteiger partial charge in [0, 0.05) is 16.8 Å². The third-order valence-corrected chi connectivity index (χ3v) is 8.99. The summed E-state index contributed by atoms with van der Waals surface area (Å²) in [4.78, 5) is 18.9. The van der Waals surface area contributed by atoms with Gasteiger partial charge in [0.05, 0.1) is 39.9 Å². The quantitative estimate of drug-likeness (QED) is 0.298. The maximum Gasteiger partial charge on any atom is 0.256 e. The second-order valence-electron chi connectivity index (χ2n) is 10.1. The van der Waals surface area contributed by atoms with Crippen LogP contribution < -0.4 is 5.32 Å². The summed E-state index contributed by atoms with van der Waals surface area (Å²) in [5.74, 6) is -0.133. The number of benzene rings is 3. The molecule has 1 amide bonds. The third-order valence-electron chi connectivity index (χ3n) is 7.24.